The van der Waals surface area contributed by atoms with Crippen LogP contribution in [0.1, 0.15) is 24.0 Å². The van der Waals surface area contributed by atoms with Crippen molar-refractivity contribution < 1.29 is 9.84 Å². The molecular formula is C18H21NO2. The zero-order chi connectivity index (χ0) is 14.7. The minimum absolute atomic E-state index is 0.191. The van der Waals surface area contributed by atoms with Crippen molar-refractivity contribution in [1.29, 1.82) is 0 Å². The van der Waals surface area contributed by atoms with E-state index in [1.807, 2.05) is 54.6 Å². The first-order valence-corrected chi connectivity index (χ1v) is 7.40. The minimum Gasteiger partial charge on any atom is -0.489 e. The van der Waals surface area contributed by atoms with Gasteiger partial charge in [-0.25, -0.2) is 0 Å². The normalized spacial score (nSPS) is 23.8. The van der Waals surface area contributed by atoms with Gasteiger partial charge in [0.25, 0.3) is 0 Å². The molecule has 2 aromatic rings. The highest BCUT2D eigenvalue weighted by atomic mass is 16.5. The summed E-state index contributed by atoms with van der Waals surface area (Å²) < 4.78 is 5.97. The van der Waals surface area contributed by atoms with E-state index in [2.05, 4.69) is 0 Å². The van der Waals surface area contributed by atoms with Gasteiger partial charge in [-0.15, -0.1) is 0 Å². The molecule has 0 amide bonds. The first-order chi connectivity index (χ1) is 10.2. The van der Waals surface area contributed by atoms with Crippen LogP contribution in [0.15, 0.2) is 54.6 Å². The van der Waals surface area contributed by atoms with Crippen LogP contribution >= 0.6 is 0 Å². The van der Waals surface area contributed by atoms with Crippen molar-refractivity contribution in [3.63, 3.8) is 0 Å². The Morgan fingerprint density at radius 2 is 1.81 bits per heavy atom. The van der Waals surface area contributed by atoms with E-state index < -0.39 is 0 Å². The highest BCUT2D eigenvalue weighted by molar-refractivity contribution is 5.43. The number of aliphatic hydroxyl groups excluding tert-OH is 1. The van der Waals surface area contributed by atoms with Gasteiger partial charge in [-0.1, -0.05) is 48.5 Å². The van der Waals surface area contributed by atoms with Gasteiger partial charge in [-0.2, -0.15) is 0 Å². The van der Waals surface area contributed by atoms with Gasteiger partial charge in [0.1, 0.15) is 12.4 Å². The zero-order valence-electron chi connectivity index (χ0n) is 12.0. The van der Waals surface area contributed by atoms with Gasteiger partial charge in [0.2, 0.25) is 0 Å². The van der Waals surface area contributed by atoms with E-state index >= 15 is 0 Å². The SMILES string of the molecule is NC1(c2ccccc2OCc2ccccc2)CC1CCO. The first-order valence-electron chi connectivity index (χ1n) is 7.40. The highest BCUT2D eigenvalue weighted by Gasteiger charge is 2.52. The molecule has 3 rings (SSSR count). The number of para-hydroxylation sites is 1. The van der Waals surface area contributed by atoms with Crippen LogP contribution in [0.5, 0.6) is 5.75 Å². The Labute approximate surface area is 125 Å². The molecule has 2 atom stereocenters. The molecule has 0 aliphatic heterocycles. The standard InChI is InChI=1S/C18H21NO2/c19-18(12-15(18)10-11-20)16-8-4-5-9-17(16)21-13-14-6-2-1-3-7-14/h1-9,15,20H,10-13,19H2. The molecule has 1 fully saturated rings. The van der Waals surface area contributed by atoms with Crippen molar-refractivity contribution in [2.24, 2.45) is 11.7 Å². The third kappa shape index (κ3) is 2.94. The molecule has 0 spiro atoms. The van der Waals surface area contributed by atoms with Gasteiger partial charge in [0.05, 0.1) is 0 Å². The lowest BCUT2D eigenvalue weighted by atomic mass is 10.0. The summed E-state index contributed by atoms with van der Waals surface area (Å²) in [6.07, 6.45) is 1.67. The fraction of sp³-hybridized carbons (Fsp3) is 0.333. The second-order valence-electron chi connectivity index (χ2n) is 5.72. The molecule has 3 N–H and O–H groups in total. The fourth-order valence-electron chi connectivity index (χ4n) is 2.91. The van der Waals surface area contributed by atoms with Gasteiger partial charge in [-0.05, 0) is 30.4 Å². The molecule has 1 aliphatic rings. The predicted octanol–water partition coefficient (Wildman–Crippen LogP) is 2.82. The fourth-order valence-corrected chi connectivity index (χ4v) is 2.91. The molecular weight excluding hydrogens is 262 g/mol. The Balaban J connectivity index is 1.75. The van der Waals surface area contributed by atoms with Gasteiger partial charge in [0, 0.05) is 17.7 Å². The number of aliphatic hydroxyl groups is 1. The summed E-state index contributed by atoms with van der Waals surface area (Å²) in [6, 6.07) is 18.1. The number of ether oxygens (including phenoxy) is 1. The Bertz CT molecular complexity index is 599. The molecule has 3 nitrogen and oxygen atoms in total. The molecule has 2 aromatic carbocycles. The van der Waals surface area contributed by atoms with E-state index in [0.717, 1.165) is 29.7 Å². The monoisotopic (exact) mass is 283 g/mol. The smallest absolute Gasteiger partial charge is 0.124 e. The van der Waals surface area contributed by atoms with Crippen LogP contribution in [0.3, 0.4) is 0 Å². The largest absolute Gasteiger partial charge is 0.489 e. The molecule has 2 unspecified atom stereocenters. The molecule has 0 radical (unpaired) electrons. The zero-order valence-corrected chi connectivity index (χ0v) is 12.0. The van der Waals surface area contributed by atoms with Crippen LogP contribution in [-0.2, 0) is 12.1 Å². The number of rotatable bonds is 6. The lowest BCUT2D eigenvalue weighted by Gasteiger charge is -2.17. The Morgan fingerprint density at radius 3 is 2.57 bits per heavy atom. The molecule has 110 valence electrons. The summed E-state index contributed by atoms with van der Waals surface area (Å²) in [7, 11) is 0. The van der Waals surface area contributed by atoms with Crippen molar-refractivity contribution in [2.45, 2.75) is 25.0 Å². The van der Waals surface area contributed by atoms with Gasteiger partial charge in [0.15, 0.2) is 0 Å². The van der Waals surface area contributed by atoms with Crippen LogP contribution < -0.4 is 10.5 Å². The highest BCUT2D eigenvalue weighted by Crippen LogP contribution is 2.53. The average molecular weight is 283 g/mol. The lowest BCUT2D eigenvalue weighted by molar-refractivity contribution is 0.272. The summed E-state index contributed by atoms with van der Waals surface area (Å²) in [6.45, 7) is 0.731. The maximum atomic E-state index is 9.09. The molecule has 0 heterocycles. The van der Waals surface area contributed by atoms with E-state index in [9.17, 15) is 0 Å². The van der Waals surface area contributed by atoms with Crippen LogP contribution in [0, 0.1) is 5.92 Å². The number of hydrogen-bond donors (Lipinski definition) is 2. The third-order valence-corrected chi connectivity index (χ3v) is 4.26. The topological polar surface area (TPSA) is 55.5 Å². The molecule has 0 bridgehead atoms. The summed E-state index contributed by atoms with van der Waals surface area (Å²) in [5.74, 6) is 1.20. The summed E-state index contributed by atoms with van der Waals surface area (Å²) in [5, 5.41) is 9.09. The Kier molecular flexibility index (Phi) is 3.95. The predicted molar refractivity (Wildman–Crippen MR) is 82.9 cm³/mol. The maximum absolute atomic E-state index is 9.09. The van der Waals surface area contributed by atoms with E-state index in [0.29, 0.717) is 12.5 Å². The molecule has 3 heteroatoms. The quantitative estimate of drug-likeness (QED) is 0.857. The van der Waals surface area contributed by atoms with Gasteiger partial charge >= 0.3 is 0 Å². The van der Waals surface area contributed by atoms with E-state index in [4.69, 9.17) is 15.6 Å². The Hall–Kier alpha value is -1.84. The maximum Gasteiger partial charge on any atom is 0.124 e. The number of nitrogens with two attached hydrogens (primary N) is 1. The van der Waals surface area contributed by atoms with Crippen molar-refractivity contribution in [3.05, 3.63) is 65.7 Å². The minimum atomic E-state index is -0.337. The van der Waals surface area contributed by atoms with Crippen LogP contribution in [-0.4, -0.2) is 11.7 Å². The average Bonchev–Trinajstić information content (AvgIpc) is 3.18. The molecule has 0 saturated heterocycles. The Morgan fingerprint density at radius 1 is 1.10 bits per heavy atom. The molecule has 0 aromatic heterocycles. The van der Waals surface area contributed by atoms with E-state index in [1.54, 1.807) is 0 Å². The summed E-state index contributed by atoms with van der Waals surface area (Å²) >= 11 is 0. The lowest BCUT2D eigenvalue weighted by Crippen LogP contribution is -2.23. The molecule has 1 saturated carbocycles. The van der Waals surface area contributed by atoms with Crippen molar-refractivity contribution in [1.82, 2.24) is 0 Å². The molecule has 21 heavy (non-hydrogen) atoms. The molecule has 1 aliphatic carbocycles. The van der Waals surface area contributed by atoms with Crippen LogP contribution in [0.25, 0.3) is 0 Å². The van der Waals surface area contributed by atoms with E-state index in [1.165, 1.54) is 0 Å². The van der Waals surface area contributed by atoms with E-state index in [-0.39, 0.29) is 12.1 Å². The number of benzene rings is 2. The van der Waals surface area contributed by atoms with Crippen LogP contribution in [0.4, 0.5) is 0 Å². The third-order valence-electron chi connectivity index (χ3n) is 4.26. The second kappa shape index (κ2) is 5.88. The van der Waals surface area contributed by atoms with Crippen molar-refractivity contribution in [3.8, 4) is 5.75 Å². The summed E-state index contributed by atoms with van der Waals surface area (Å²) in [5.41, 5.74) is 8.33. The first kappa shape index (κ1) is 14.1. The summed E-state index contributed by atoms with van der Waals surface area (Å²) in [4.78, 5) is 0. The van der Waals surface area contributed by atoms with Crippen molar-refractivity contribution >= 4 is 0 Å². The van der Waals surface area contributed by atoms with Crippen LogP contribution in [0.2, 0.25) is 0 Å². The number of hydrogen-bond acceptors (Lipinski definition) is 3. The van der Waals surface area contributed by atoms with Crippen molar-refractivity contribution in [2.75, 3.05) is 6.61 Å². The van der Waals surface area contributed by atoms with Gasteiger partial charge < -0.3 is 15.6 Å². The van der Waals surface area contributed by atoms with Gasteiger partial charge in [-0.3, -0.25) is 0 Å². The second-order valence-corrected chi connectivity index (χ2v) is 5.72.